The van der Waals surface area contributed by atoms with E-state index >= 15 is 0 Å². The molecule has 108 valence electrons. The number of Topliss-reactive ketones (excluding diaryl/α,β-unsaturated/α-hetero) is 1. The van der Waals surface area contributed by atoms with E-state index in [1.807, 2.05) is 13.8 Å². The third-order valence-electron chi connectivity index (χ3n) is 4.12. The Bertz CT molecular complexity index is 573. The summed E-state index contributed by atoms with van der Waals surface area (Å²) in [6, 6.07) is -0.848. The van der Waals surface area contributed by atoms with Crippen molar-refractivity contribution in [2.24, 2.45) is 5.10 Å². The molecule has 3 aliphatic rings. The van der Waals surface area contributed by atoms with Gasteiger partial charge in [0, 0.05) is 18.1 Å². The first-order valence-electron chi connectivity index (χ1n) is 6.29. The van der Waals surface area contributed by atoms with Gasteiger partial charge in [-0.25, -0.2) is 4.79 Å². The van der Waals surface area contributed by atoms with Gasteiger partial charge in [0.25, 0.3) is 5.91 Å². The second kappa shape index (κ2) is 3.75. The summed E-state index contributed by atoms with van der Waals surface area (Å²) >= 11 is 1.44. The Labute approximate surface area is 119 Å². The molecule has 0 aromatic carbocycles. The van der Waals surface area contributed by atoms with Gasteiger partial charge in [-0.3, -0.25) is 15.0 Å². The molecule has 2 saturated heterocycles. The minimum absolute atomic E-state index is 0.169. The Hall–Kier alpha value is -1.57. The second-order valence-electron chi connectivity index (χ2n) is 5.90. The molecule has 20 heavy (non-hydrogen) atoms. The van der Waals surface area contributed by atoms with E-state index in [4.69, 9.17) is 0 Å². The number of hydrogen-bond donors (Lipinski definition) is 2. The van der Waals surface area contributed by atoms with Crippen LogP contribution in [-0.4, -0.2) is 55.1 Å². The normalized spacial score (nSPS) is 37.2. The van der Waals surface area contributed by atoms with Crippen molar-refractivity contribution in [1.29, 1.82) is 0 Å². The van der Waals surface area contributed by atoms with Crippen LogP contribution in [0.2, 0.25) is 0 Å². The lowest BCUT2D eigenvalue weighted by molar-refractivity contribution is -0.166. The number of hydrazone groups is 1. The Kier molecular flexibility index (Phi) is 2.51. The van der Waals surface area contributed by atoms with Crippen molar-refractivity contribution in [1.82, 2.24) is 10.3 Å². The number of nitrogens with zero attached hydrogens (tertiary/aromatic N) is 2. The molecule has 3 rings (SSSR count). The average Bonchev–Trinajstić information content (AvgIpc) is 2.88. The van der Waals surface area contributed by atoms with Crippen molar-refractivity contribution in [3.63, 3.8) is 0 Å². The fourth-order valence-corrected chi connectivity index (χ4v) is 4.79. The number of thioether (sulfide) groups is 1. The topological polar surface area (TPSA) is 99.1 Å². The van der Waals surface area contributed by atoms with E-state index in [2.05, 4.69) is 10.5 Å². The van der Waals surface area contributed by atoms with Crippen LogP contribution >= 0.6 is 11.8 Å². The van der Waals surface area contributed by atoms with Gasteiger partial charge in [0.05, 0.1) is 0 Å². The molecule has 3 atom stereocenters. The van der Waals surface area contributed by atoms with Gasteiger partial charge < -0.3 is 10.0 Å². The van der Waals surface area contributed by atoms with Crippen LogP contribution < -0.4 is 5.43 Å². The molecule has 0 aromatic heterocycles. The highest BCUT2D eigenvalue weighted by atomic mass is 32.2. The molecule has 2 fully saturated rings. The number of carbonyl (C=O) groups excluding carboxylic acids is 2. The Morgan fingerprint density at radius 2 is 2.15 bits per heavy atom. The number of carboxylic acids is 1. The van der Waals surface area contributed by atoms with Gasteiger partial charge in [-0.1, -0.05) is 0 Å². The van der Waals surface area contributed by atoms with Crippen LogP contribution in [0.3, 0.4) is 0 Å². The van der Waals surface area contributed by atoms with Crippen LogP contribution in [0.5, 0.6) is 0 Å². The number of ketones is 1. The highest BCUT2D eigenvalue weighted by molar-refractivity contribution is 8.01. The zero-order valence-electron chi connectivity index (χ0n) is 11.3. The number of hydrogen-bond acceptors (Lipinski definition) is 6. The van der Waals surface area contributed by atoms with Crippen molar-refractivity contribution in [3.8, 4) is 0 Å². The highest BCUT2D eigenvalue weighted by Gasteiger charge is 2.73. The lowest BCUT2D eigenvalue weighted by Crippen LogP contribution is -2.77. The van der Waals surface area contributed by atoms with Gasteiger partial charge in [-0.15, -0.1) is 11.8 Å². The number of carbonyl (C=O) groups is 3. The number of rotatable bonds is 2. The molecule has 0 aliphatic carbocycles. The zero-order chi connectivity index (χ0) is 14.9. The summed E-state index contributed by atoms with van der Waals surface area (Å²) in [7, 11) is 0. The van der Waals surface area contributed by atoms with Gasteiger partial charge in [0.1, 0.15) is 17.1 Å². The van der Waals surface area contributed by atoms with Gasteiger partial charge >= 0.3 is 5.97 Å². The Morgan fingerprint density at radius 3 is 2.65 bits per heavy atom. The second-order valence-corrected chi connectivity index (χ2v) is 7.64. The molecule has 1 unspecified atom stereocenters. The monoisotopic (exact) mass is 297 g/mol. The van der Waals surface area contributed by atoms with Gasteiger partial charge in [0.15, 0.2) is 11.3 Å². The van der Waals surface area contributed by atoms with E-state index < -0.39 is 22.3 Å². The lowest BCUT2D eigenvalue weighted by Gasteiger charge is -2.50. The fraction of sp³-hybridized carbons (Fsp3) is 0.667. The number of aliphatic carboxylic acids is 1. The van der Waals surface area contributed by atoms with Crippen LogP contribution in [-0.2, 0) is 14.4 Å². The van der Waals surface area contributed by atoms with Crippen LogP contribution in [0.15, 0.2) is 5.10 Å². The number of carboxylic acid groups (broad SMARTS) is 1. The summed E-state index contributed by atoms with van der Waals surface area (Å²) in [6.45, 7) is 5.04. The van der Waals surface area contributed by atoms with E-state index in [1.54, 1.807) is 0 Å². The lowest BCUT2D eigenvalue weighted by atomic mass is 9.81. The SMILES string of the molecule is CC(=O)C1=NNC2(C1)C(=O)N1[C@@H](C(=O)O)C(C)(C)S[C@@H]12. The summed E-state index contributed by atoms with van der Waals surface area (Å²) in [4.78, 5) is 36.6. The van der Waals surface area contributed by atoms with E-state index in [0.29, 0.717) is 5.71 Å². The first kappa shape index (κ1) is 13.4. The quantitative estimate of drug-likeness (QED) is 0.685. The van der Waals surface area contributed by atoms with E-state index in [0.717, 1.165) is 0 Å². The minimum atomic E-state index is -1.00. The summed E-state index contributed by atoms with van der Waals surface area (Å²) in [6.07, 6.45) is 0.234. The van der Waals surface area contributed by atoms with E-state index in [-0.39, 0.29) is 23.5 Å². The summed E-state index contributed by atoms with van der Waals surface area (Å²) < 4.78 is -0.573. The van der Waals surface area contributed by atoms with Crippen molar-refractivity contribution >= 4 is 35.1 Å². The first-order chi connectivity index (χ1) is 9.20. The maximum atomic E-state index is 12.4. The minimum Gasteiger partial charge on any atom is -0.480 e. The van der Waals surface area contributed by atoms with E-state index in [9.17, 15) is 19.5 Å². The molecule has 0 radical (unpaired) electrons. The van der Waals surface area contributed by atoms with E-state index in [1.165, 1.54) is 23.6 Å². The molecule has 3 heterocycles. The molecule has 2 N–H and O–H groups in total. The summed E-state index contributed by atoms with van der Waals surface area (Å²) in [5.74, 6) is -1.45. The molecular formula is C12H15N3O4S. The summed E-state index contributed by atoms with van der Waals surface area (Å²) in [5, 5.41) is 13.0. The predicted molar refractivity (Wildman–Crippen MR) is 72.3 cm³/mol. The maximum absolute atomic E-state index is 12.4. The smallest absolute Gasteiger partial charge is 0.327 e. The number of fused-ring (bicyclic) bond motifs is 2. The van der Waals surface area contributed by atoms with Gasteiger partial charge in [-0.2, -0.15) is 5.10 Å². The number of nitrogens with one attached hydrogen (secondary N) is 1. The molecule has 0 aromatic rings. The van der Waals surface area contributed by atoms with Crippen LogP contribution in [0.25, 0.3) is 0 Å². The fourth-order valence-electron chi connectivity index (χ4n) is 3.11. The number of amides is 1. The van der Waals surface area contributed by atoms with Crippen molar-refractivity contribution in [3.05, 3.63) is 0 Å². The molecule has 0 bridgehead atoms. The molecular weight excluding hydrogens is 282 g/mol. The highest BCUT2D eigenvalue weighted by Crippen LogP contribution is 2.56. The van der Waals surface area contributed by atoms with Crippen molar-refractivity contribution in [2.75, 3.05) is 0 Å². The van der Waals surface area contributed by atoms with Crippen LogP contribution in [0.4, 0.5) is 0 Å². The summed E-state index contributed by atoms with van der Waals surface area (Å²) in [5.41, 5.74) is 2.19. The number of β-lactam (4-membered cyclic amide) rings is 1. The Balaban J connectivity index is 1.90. The third kappa shape index (κ3) is 1.42. The largest absolute Gasteiger partial charge is 0.480 e. The van der Waals surface area contributed by atoms with Crippen LogP contribution in [0.1, 0.15) is 27.2 Å². The zero-order valence-corrected chi connectivity index (χ0v) is 12.2. The predicted octanol–water partition coefficient (Wildman–Crippen LogP) is -0.190. The molecule has 1 spiro atoms. The van der Waals surface area contributed by atoms with Crippen LogP contribution in [0, 0.1) is 0 Å². The van der Waals surface area contributed by atoms with Crippen molar-refractivity contribution in [2.45, 2.75) is 48.9 Å². The molecule has 7 nitrogen and oxygen atoms in total. The maximum Gasteiger partial charge on any atom is 0.327 e. The Morgan fingerprint density at radius 1 is 1.50 bits per heavy atom. The first-order valence-corrected chi connectivity index (χ1v) is 7.17. The average molecular weight is 297 g/mol. The third-order valence-corrected chi connectivity index (χ3v) is 5.80. The molecule has 1 amide bonds. The van der Waals surface area contributed by atoms with Gasteiger partial charge in [-0.05, 0) is 13.8 Å². The van der Waals surface area contributed by atoms with Gasteiger partial charge in [0.2, 0.25) is 0 Å². The molecule has 8 heteroatoms. The molecule has 3 aliphatic heterocycles. The van der Waals surface area contributed by atoms with Crippen molar-refractivity contribution < 1.29 is 19.5 Å². The standard InChI is InChI=1S/C12H15N3O4S/c1-5(16)6-4-12(14-13-6)9(19)15-7(8(17)18)11(2,3)20-10(12)15/h7,10,14H,4H2,1-3H3,(H,17,18)/t7-,10+,12?/m0/s1. The molecule has 0 saturated carbocycles.